The number of nitrogens with one attached hydrogen (secondary N) is 2. The van der Waals surface area contributed by atoms with E-state index in [0.717, 1.165) is 0 Å². The number of hydrogen-bond acceptors (Lipinski definition) is 5. The highest BCUT2D eigenvalue weighted by Gasteiger charge is 2.20. The number of nitro groups is 1. The summed E-state index contributed by atoms with van der Waals surface area (Å²) in [6, 6.07) is 4.24. The number of nitro benzene ring substituents is 1. The largest absolute Gasteiger partial charge is 0.388 e. The van der Waals surface area contributed by atoms with Crippen LogP contribution in [-0.4, -0.2) is 30.3 Å². The van der Waals surface area contributed by atoms with E-state index >= 15 is 0 Å². The zero-order valence-corrected chi connectivity index (χ0v) is 11.7. The van der Waals surface area contributed by atoms with E-state index in [2.05, 4.69) is 10.6 Å². The van der Waals surface area contributed by atoms with Crippen molar-refractivity contribution in [2.45, 2.75) is 19.3 Å². The maximum Gasteiger partial charge on any atom is 0.282 e. The average Bonchev–Trinajstić information content (AvgIpc) is 2.45. The normalized spacial score (nSPS) is 9.95. The van der Waals surface area contributed by atoms with Crippen molar-refractivity contribution in [1.82, 2.24) is 5.32 Å². The fourth-order valence-electron chi connectivity index (χ4n) is 1.75. The number of rotatable bonds is 8. The smallest absolute Gasteiger partial charge is 0.282 e. The summed E-state index contributed by atoms with van der Waals surface area (Å²) in [5.41, 5.74) is 5.37. The Kier molecular flexibility index (Phi) is 6.12. The van der Waals surface area contributed by atoms with E-state index in [1.54, 1.807) is 7.05 Å². The number of primary amides is 1. The minimum atomic E-state index is -0.596. The van der Waals surface area contributed by atoms with Crippen LogP contribution < -0.4 is 16.4 Å². The van der Waals surface area contributed by atoms with E-state index in [0.29, 0.717) is 25.1 Å². The molecule has 0 saturated heterocycles. The van der Waals surface area contributed by atoms with Crippen LogP contribution in [0.15, 0.2) is 18.2 Å². The van der Waals surface area contributed by atoms with Gasteiger partial charge in [-0.15, -0.1) is 0 Å². The van der Waals surface area contributed by atoms with Gasteiger partial charge in [-0.2, -0.15) is 0 Å². The summed E-state index contributed by atoms with van der Waals surface area (Å²) in [4.78, 5) is 32.9. The number of amides is 2. The standard InChI is InChI=1S/C13H18N4O4/c1-15-9-5-6-11(17(20)21)10(8-9)13(19)16-7-3-2-4-12(14)18/h5-6,8,15H,2-4,7H2,1H3,(H2,14,18)(H,16,19). The lowest BCUT2D eigenvalue weighted by Crippen LogP contribution is -2.25. The molecule has 1 rings (SSSR count). The number of nitrogens with two attached hydrogens (primary N) is 1. The first-order valence-electron chi connectivity index (χ1n) is 6.48. The number of carbonyl (C=O) groups is 2. The van der Waals surface area contributed by atoms with Gasteiger partial charge in [0.1, 0.15) is 5.56 Å². The van der Waals surface area contributed by atoms with Gasteiger partial charge in [-0.1, -0.05) is 0 Å². The molecule has 0 aliphatic rings. The molecule has 2 amide bonds. The molecular formula is C13H18N4O4. The van der Waals surface area contributed by atoms with Crippen LogP contribution in [0.3, 0.4) is 0 Å². The maximum atomic E-state index is 12.0. The van der Waals surface area contributed by atoms with Gasteiger partial charge in [-0.3, -0.25) is 19.7 Å². The number of nitrogens with zero attached hydrogens (tertiary/aromatic N) is 1. The monoisotopic (exact) mass is 294 g/mol. The molecule has 8 nitrogen and oxygen atoms in total. The quantitative estimate of drug-likeness (QED) is 0.375. The molecule has 8 heteroatoms. The first kappa shape index (κ1) is 16.4. The van der Waals surface area contributed by atoms with Crippen molar-refractivity contribution in [2.24, 2.45) is 5.73 Å². The van der Waals surface area contributed by atoms with Gasteiger partial charge in [0.05, 0.1) is 4.92 Å². The van der Waals surface area contributed by atoms with E-state index in [-0.39, 0.29) is 17.7 Å². The molecule has 0 unspecified atom stereocenters. The third-order valence-corrected chi connectivity index (χ3v) is 2.86. The summed E-state index contributed by atoms with van der Waals surface area (Å²) in [6.45, 7) is 0.326. The lowest BCUT2D eigenvalue weighted by molar-refractivity contribution is -0.385. The number of anilines is 1. The molecule has 0 fully saturated rings. The average molecular weight is 294 g/mol. The van der Waals surface area contributed by atoms with Crippen LogP contribution in [0.5, 0.6) is 0 Å². The van der Waals surface area contributed by atoms with E-state index in [1.807, 2.05) is 0 Å². The van der Waals surface area contributed by atoms with Gasteiger partial charge in [0, 0.05) is 31.8 Å². The molecule has 114 valence electrons. The molecule has 4 N–H and O–H groups in total. The van der Waals surface area contributed by atoms with Crippen LogP contribution in [0.1, 0.15) is 29.6 Å². The first-order chi connectivity index (χ1) is 9.95. The minimum Gasteiger partial charge on any atom is -0.388 e. The fraction of sp³-hybridized carbons (Fsp3) is 0.385. The molecule has 21 heavy (non-hydrogen) atoms. The van der Waals surface area contributed by atoms with Crippen molar-refractivity contribution < 1.29 is 14.5 Å². The highest BCUT2D eigenvalue weighted by Crippen LogP contribution is 2.22. The number of benzene rings is 1. The van der Waals surface area contributed by atoms with Gasteiger partial charge in [0.2, 0.25) is 5.91 Å². The number of unbranched alkanes of at least 4 members (excludes halogenated alkanes) is 1. The minimum absolute atomic E-state index is 0.00162. The molecule has 0 radical (unpaired) electrons. The van der Waals surface area contributed by atoms with Crippen molar-refractivity contribution >= 4 is 23.2 Å². The van der Waals surface area contributed by atoms with Crippen LogP contribution >= 0.6 is 0 Å². The molecule has 0 atom stereocenters. The number of hydrogen-bond donors (Lipinski definition) is 3. The highest BCUT2D eigenvalue weighted by atomic mass is 16.6. The van der Waals surface area contributed by atoms with Gasteiger partial charge in [0.25, 0.3) is 11.6 Å². The molecule has 0 heterocycles. The molecule has 0 spiro atoms. The van der Waals surface area contributed by atoms with Crippen molar-refractivity contribution in [1.29, 1.82) is 0 Å². The maximum absolute atomic E-state index is 12.0. The fourth-order valence-corrected chi connectivity index (χ4v) is 1.75. The highest BCUT2D eigenvalue weighted by molar-refractivity contribution is 5.99. The van der Waals surface area contributed by atoms with E-state index in [9.17, 15) is 19.7 Å². The second kappa shape index (κ2) is 7.83. The van der Waals surface area contributed by atoms with Crippen LogP contribution in [0.4, 0.5) is 11.4 Å². The molecule has 0 saturated carbocycles. The van der Waals surface area contributed by atoms with E-state index in [1.165, 1.54) is 18.2 Å². The molecule has 1 aromatic carbocycles. The zero-order valence-electron chi connectivity index (χ0n) is 11.7. The summed E-state index contributed by atoms with van der Waals surface area (Å²) in [7, 11) is 1.66. The first-order valence-corrected chi connectivity index (χ1v) is 6.48. The Morgan fingerprint density at radius 2 is 2.05 bits per heavy atom. The Morgan fingerprint density at radius 3 is 2.62 bits per heavy atom. The molecule has 0 aliphatic heterocycles. The van der Waals surface area contributed by atoms with E-state index < -0.39 is 16.7 Å². The van der Waals surface area contributed by atoms with Gasteiger partial charge < -0.3 is 16.4 Å². The molecule has 0 aromatic heterocycles. The topological polar surface area (TPSA) is 127 Å². The predicted octanol–water partition coefficient (Wildman–Crippen LogP) is 1.02. The summed E-state index contributed by atoms with van der Waals surface area (Å²) in [6.07, 6.45) is 1.40. The second-order valence-electron chi connectivity index (χ2n) is 4.42. The van der Waals surface area contributed by atoms with E-state index in [4.69, 9.17) is 5.73 Å². The summed E-state index contributed by atoms with van der Waals surface area (Å²) in [5.74, 6) is -0.906. The zero-order chi connectivity index (χ0) is 15.8. The third kappa shape index (κ3) is 5.09. The molecule has 0 aliphatic carbocycles. The van der Waals surface area contributed by atoms with Crippen molar-refractivity contribution in [3.05, 3.63) is 33.9 Å². The Bertz CT molecular complexity index is 545. The van der Waals surface area contributed by atoms with Crippen molar-refractivity contribution in [2.75, 3.05) is 18.9 Å². The van der Waals surface area contributed by atoms with Gasteiger partial charge in [0.15, 0.2) is 0 Å². The predicted molar refractivity (Wildman–Crippen MR) is 78.0 cm³/mol. The summed E-state index contributed by atoms with van der Waals surface area (Å²) >= 11 is 0. The third-order valence-electron chi connectivity index (χ3n) is 2.86. The Hall–Kier alpha value is -2.64. The Morgan fingerprint density at radius 1 is 1.33 bits per heavy atom. The van der Waals surface area contributed by atoms with Crippen LogP contribution in [0.25, 0.3) is 0 Å². The lowest BCUT2D eigenvalue weighted by Gasteiger charge is -2.07. The molecular weight excluding hydrogens is 276 g/mol. The number of carbonyl (C=O) groups excluding carboxylic acids is 2. The second-order valence-corrected chi connectivity index (χ2v) is 4.42. The SMILES string of the molecule is CNc1ccc([N+](=O)[O-])c(C(=O)NCCCCC(N)=O)c1. The lowest BCUT2D eigenvalue weighted by atomic mass is 10.1. The van der Waals surface area contributed by atoms with Crippen LogP contribution in [0.2, 0.25) is 0 Å². The Labute approximate surface area is 121 Å². The van der Waals surface area contributed by atoms with Crippen molar-refractivity contribution in [3.8, 4) is 0 Å². The Balaban J connectivity index is 2.67. The summed E-state index contributed by atoms with van der Waals surface area (Å²) in [5, 5.41) is 16.4. The van der Waals surface area contributed by atoms with Crippen molar-refractivity contribution in [3.63, 3.8) is 0 Å². The van der Waals surface area contributed by atoms with Gasteiger partial charge >= 0.3 is 0 Å². The van der Waals surface area contributed by atoms with Gasteiger partial charge in [-0.05, 0) is 25.0 Å². The molecule has 1 aromatic rings. The van der Waals surface area contributed by atoms with Crippen LogP contribution in [0, 0.1) is 10.1 Å². The van der Waals surface area contributed by atoms with Crippen LogP contribution in [-0.2, 0) is 4.79 Å². The molecule has 0 bridgehead atoms. The van der Waals surface area contributed by atoms with Gasteiger partial charge in [-0.25, -0.2) is 0 Å². The summed E-state index contributed by atoms with van der Waals surface area (Å²) < 4.78 is 0.